The van der Waals surface area contributed by atoms with E-state index in [-0.39, 0.29) is 36.5 Å². The van der Waals surface area contributed by atoms with Gasteiger partial charge in [0.1, 0.15) is 11.6 Å². The molecule has 258 valence electrons. The standard InChI is InChI=1S/C37H37F2N7O4/c1-3-40-32-20-41-35(50-32)25-6-10-28(30(39)18-25)23-12-15-46(16-13-23)33(47)21-45-17-14-37(22-45,49-2)36(48)42-27-9-11-31-29(19-27)34(44-43-31)24-4-7-26(38)8-5-24/h4-12,18-20,40H,3,13-17,21-22H2,1-2H3,(H,42,48)(H,43,44)/t37-/m0/s1. The molecule has 0 radical (unpaired) electrons. The molecule has 1 saturated heterocycles. The van der Waals surface area contributed by atoms with E-state index < -0.39 is 5.60 Å². The summed E-state index contributed by atoms with van der Waals surface area (Å²) in [6, 6.07) is 16.4. The van der Waals surface area contributed by atoms with Gasteiger partial charge in [-0.2, -0.15) is 5.10 Å². The van der Waals surface area contributed by atoms with Crippen LogP contribution < -0.4 is 10.6 Å². The Balaban J connectivity index is 0.959. The Labute approximate surface area is 287 Å². The van der Waals surface area contributed by atoms with Crippen LogP contribution in [0.4, 0.5) is 20.4 Å². The molecule has 0 bridgehead atoms. The van der Waals surface area contributed by atoms with E-state index in [0.717, 1.165) is 22.0 Å². The van der Waals surface area contributed by atoms with E-state index >= 15 is 4.39 Å². The van der Waals surface area contributed by atoms with Gasteiger partial charge in [0.25, 0.3) is 5.91 Å². The minimum atomic E-state index is -1.14. The molecule has 0 spiro atoms. The number of rotatable bonds is 10. The Hall–Kier alpha value is -5.40. The number of carbonyl (C=O) groups is 2. The van der Waals surface area contributed by atoms with Gasteiger partial charge in [0, 0.05) is 67.6 Å². The predicted molar refractivity (Wildman–Crippen MR) is 186 cm³/mol. The summed E-state index contributed by atoms with van der Waals surface area (Å²) < 4.78 is 40.1. The van der Waals surface area contributed by atoms with Gasteiger partial charge in [-0.15, -0.1) is 0 Å². The van der Waals surface area contributed by atoms with Crippen LogP contribution in [0.3, 0.4) is 0 Å². The van der Waals surface area contributed by atoms with Crippen LogP contribution in [0.1, 0.15) is 25.3 Å². The number of H-pyrrole nitrogens is 1. The number of benzene rings is 3. The van der Waals surface area contributed by atoms with Crippen molar-refractivity contribution in [3.8, 4) is 22.7 Å². The molecular weight excluding hydrogens is 644 g/mol. The third kappa shape index (κ3) is 6.61. The van der Waals surface area contributed by atoms with Crippen molar-refractivity contribution in [2.24, 2.45) is 0 Å². The molecule has 2 amide bonds. The minimum absolute atomic E-state index is 0.0671. The van der Waals surface area contributed by atoms with E-state index in [1.807, 2.05) is 30.0 Å². The van der Waals surface area contributed by atoms with Gasteiger partial charge in [-0.3, -0.25) is 19.6 Å². The number of nitrogens with one attached hydrogen (secondary N) is 3. The zero-order chi connectivity index (χ0) is 34.8. The van der Waals surface area contributed by atoms with Gasteiger partial charge < -0.3 is 24.7 Å². The molecular formula is C37H37F2N7O4. The van der Waals surface area contributed by atoms with Crippen LogP contribution in [0.5, 0.6) is 0 Å². The van der Waals surface area contributed by atoms with Gasteiger partial charge in [0.15, 0.2) is 5.60 Å². The van der Waals surface area contributed by atoms with Gasteiger partial charge in [-0.1, -0.05) is 12.1 Å². The summed E-state index contributed by atoms with van der Waals surface area (Å²) in [5.41, 5.74) is 3.48. The van der Waals surface area contributed by atoms with Crippen LogP contribution in [-0.4, -0.2) is 88.8 Å². The van der Waals surface area contributed by atoms with Crippen molar-refractivity contribution >= 4 is 39.9 Å². The highest BCUT2D eigenvalue weighted by molar-refractivity contribution is 6.01. The molecule has 5 aromatic rings. The lowest BCUT2D eigenvalue weighted by Gasteiger charge is -2.30. The quantitative estimate of drug-likeness (QED) is 0.165. The summed E-state index contributed by atoms with van der Waals surface area (Å²) in [6.07, 6.45) is 4.40. The van der Waals surface area contributed by atoms with E-state index in [9.17, 15) is 14.0 Å². The number of likely N-dealkylation sites (tertiary alicyclic amines) is 1. The molecule has 0 unspecified atom stereocenters. The average Bonchev–Trinajstić information content (AvgIpc) is 3.88. The molecule has 0 saturated carbocycles. The largest absolute Gasteiger partial charge is 0.421 e. The Morgan fingerprint density at radius 2 is 1.88 bits per heavy atom. The molecule has 2 aromatic heterocycles. The fourth-order valence-electron chi connectivity index (χ4n) is 6.61. The van der Waals surface area contributed by atoms with Crippen LogP contribution in [0, 0.1) is 11.6 Å². The number of hydrogen-bond acceptors (Lipinski definition) is 8. The maximum Gasteiger partial charge on any atom is 0.258 e. The van der Waals surface area contributed by atoms with Crippen LogP contribution >= 0.6 is 0 Å². The van der Waals surface area contributed by atoms with Crippen molar-refractivity contribution in [1.82, 2.24) is 25.0 Å². The van der Waals surface area contributed by atoms with Gasteiger partial charge in [0.05, 0.1) is 24.0 Å². The number of nitrogens with zero attached hydrogens (tertiary/aromatic N) is 4. The first-order chi connectivity index (χ1) is 24.2. The number of aromatic nitrogens is 3. The number of ether oxygens (including phenoxy) is 1. The van der Waals surface area contributed by atoms with Gasteiger partial charge >= 0.3 is 0 Å². The van der Waals surface area contributed by atoms with E-state index in [4.69, 9.17) is 9.15 Å². The van der Waals surface area contributed by atoms with Crippen molar-refractivity contribution in [3.63, 3.8) is 0 Å². The minimum Gasteiger partial charge on any atom is -0.421 e. The lowest BCUT2D eigenvalue weighted by atomic mass is 9.97. The third-order valence-corrected chi connectivity index (χ3v) is 9.39. The summed E-state index contributed by atoms with van der Waals surface area (Å²) >= 11 is 0. The zero-order valence-electron chi connectivity index (χ0n) is 27.8. The Kier molecular flexibility index (Phi) is 9.17. The lowest BCUT2D eigenvalue weighted by molar-refractivity contribution is -0.138. The fraction of sp³-hybridized carbons (Fsp3) is 0.297. The average molecular weight is 682 g/mol. The molecule has 7 rings (SSSR count). The highest BCUT2D eigenvalue weighted by Gasteiger charge is 2.45. The molecule has 3 N–H and O–H groups in total. The monoisotopic (exact) mass is 681 g/mol. The fourth-order valence-corrected chi connectivity index (χ4v) is 6.61. The smallest absolute Gasteiger partial charge is 0.258 e. The van der Waals surface area contributed by atoms with Crippen LogP contribution in [0.2, 0.25) is 0 Å². The first kappa shape index (κ1) is 33.1. The van der Waals surface area contributed by atoms with E-state index in [1.54, 1.807) is 41.4 Å². The molecule has 3 aromatic carbocycles. The normalized spacial score (nSPS) is 18.0. The second kappa shape index (κ2) is 13.8. The summed E-state index contributed by atoms with van der Waals surface area (Å²) in [5.74, 6) is -0.215. The number of methoxy groups -OCH3 is 1. The Bertz CT molecular complexity index is 2080. The number of hydrogen-bond donors (Lipinski definition) is 3. The number of anilines is 2. The number of fused-ring (bicyclic) bond motifs is 1. The Morgan fingerprint density at radius 1 is 1.06 bits per heavy atom. The maximum atomic E-state index is 15.2. The Morgan fingerprint density at radius 3 is 2.62 bits per heavy atom. The summed E-state index contributed by atoms with van der Waals surface area (Å²) in [5, 5.41) is 14.2. The SMILES string of the molecule is CCNc1cnc(-c2ccc(C3=CCN(C(=O)CN4CC[C@@](OC)(C(=O)Nc5ccc6[nH]nc(-c7ccc(F)cc7)c6c5)C4)CC3)c(F)c2)o1. The first-order valence-corrected chi connectivity index (χ1v) is 16.5. The van der Waals surface area contributed by atoms with Crippen molar-refractivity contribution in [2.75, 3.05) is 57.0 Å². The number of oxazole rings is 1. The second-order valence-electron chi connectivity index (χ2n) is 12.5. The topological polar surface area (TPSA) is 129 Å². The maximum absolute atomic E-state index is 15.2. The van der Waals surface area contributed by atoms with Crippen molar-refractivity contribution in [3.05, 3.63) is 90.1 Å². The third-order valence-electron chi connectivity index (χ3n) is 9.39. The molecule has 1 atom stereocenters. The molecule has 0 aliphatic carbocycles. The van der Waals surface area contributed by atoms with Crippen LogP contribution in [0.25, 0.3) is 39.2 Å². The summed E-state index contributed by atoms with van der Waals surface area (Å²) in [6.45, 7) is 4.35. The molecule has 1 fully saturated rings. The summed E-state index contributed by atoms with van der Waals surface area (Å²) in [4.78, 5) is 34.9. The second-order valence-corrected chi connectivity index (χ2v) is 12.5. The van der Waals surface area contributed by atoms with E-state index in [0.29, 0.717) is 73.3 Å². The number of halogens is 2. The number of carbonyl (C=O) groups excluding carboxylic acids is 2. The number of amides is 2. The van der Waals surface area contributed by atoms with E-state index in [2.05, 4.69) is 25.8 Å². The van der Waals surface area contributed by atoms with Crippen molar-refractivity contribution < 1.29 is 27.5 Å². The molecule has 13 heteroatoms. The predicted octanol–water partition coefficient (Wildman–Crippen LogP) is 5.94. The van der Waals surface area contributed by atoms with Crippen molar-refractivity contribution in [1.29, 1.82) is 0 Å². The molecule has 50 heavy (non-hydrogen) atoms. The van der Waals surface area contributed by atoms with Crippen LogP contribution in [0.15, 0.2) is 77.4 Å². The zero-order valence-corrected chi connectivity index (χ0v) is 27.8. The molecule has 4 heterocycles. The van der Waals surface area contributed by atoms with Crippen LogP contribution in [-0.2, 0) is 14.3 Å². The highest BCUT2D eigenvalue weighted by Crippen LogP contribution is 2.32. The number of aromatic amines is 1. The highest BCUT2D eigenvalue weighted by atomic mass is 19.1. The summed E-state index contributed by atoms with van der Waals surface area (Å²) in [7, 11) is 1.51. The van der Waals surface area contributed by atoms with Gasteiger partial charge in [0.2, 0.25) is 17.7 Å². The molecule has 2 aliphatic rings. The molecule has 11 nitrogen and oxygen atoms in total. The van der Waals surface area contributed by atoms with Gasteiger partial charge in [-0.25, -0.2) is 13.8 Å². The lowest BCUT2D eigenvalue weighted by Crippen LogP contribution is -2.48. The first-order valence-electron chi connectivity index (χ1n) is 16.5. The van der Waals surface area contributed by atoms with Crippen molar-refractivity contribution in [2.45, 2.75) is 25.4 Å². The molecule has 2 aliphatic heterocycles. The van der Waals surface area contributed by atoms with Gasteiger partial charge in [-0.05, 0) is 79.9 Å². The van der Waals surface area contributed by atoms with E-state index in [1.165, 1.54) is 25.3 Å².